The second kappa shape index (κ2) is 6.38. The molecular formula is C14H18FN3O2. The first-order valence-electron chi connectivity index (χ1n) is 6.28. The van der Waals surface area contributed by atoms with Crippen molar-refractivity contribution in [3.63, 3.8) is 0 Å². The summed E-state index contributed by atoms with van der Waals surface area (Å²) in [5, 5.41) is 3.12. The molecule has 1 aromatic heterocycles. The number of nitrogens with one attached hydrogen (secondary N) is 1. The van der Waals surface area contributed by atoms with Crippen molar-refractivity contribution < 1.29 is 13.9 Å². The molecule has 0 saturated carbocycles. The standard InChI is InChI=1S/C14H18FN3O2/c1-10-9-18(14(17-10)16-6-7-19-2)13-8-11(20-3)4-5-12(13)15/h4-5,8-9H,6-7H2,1-3H3,(H,16,17). The third-order valence-electron chi connectivity index (χ3n) is 2.83. The van der Waals surface area contributed by atoms with Crippen LogP contribution in [0.2, 0.25) is 0 Å². The second-order valence-electron chi connectivity index (χ2n) is 4.31. The zero-order valence-electron chi connectivity index (χ0n) is 11.8. The molecule has 0 radical (unpaired) electrons. The topological polar surface area (TPSA) is 48.3 Å². The first-order chi connectivity index (χ1) is 9.65. The Hall–Kier alpha value is -2.08. The Labute approximate surface area is 117 Å². The summed E-state index contributed by atoms with van der Waals surface area (Å²) in [6, 6.07) is 4.60. The summed E-state index contributed by atoms with van der Waals surface area (Å²) in [5.74, 6) is 0.834. The van der Waals surface area contributed by atoms with Gasteiger partial charge >= 0.3 is 0 Å². The summed E-state index contributed by atoms with van der Waals surface area (Å²) in [5.41, 5.74) is 1.19. The molecule has 0 amide bonds. The van der Waals surface area contributed by atoms with Gasteiger partial charge in [-0.1, -0.05) is 0 Å². The molecule has 0 saturated heterocycles. The maximum atomic E-state index is 14.0. The monoisotopic (exact) mass is 279 g/mol. The van der Waals surface area contributed by atoms with Crippen molar-refractivity contribution in [3.8, 4) is 11.4 Å². The van der Waals surface area contributed by atoms with Crippen LogP contribution in [0.5, 0.6) is 5.75 Å². The molecule has 0 bridgehead atoms. The molecule has 0 atom stereocenters. The highest BCUT2D eigenvalue weighted by Crippen LogP contribution is 2.23. The maximum Gasteiger partial charge on any atom is 0.207 e. The first-order valence-corrected chi connectivity index (χ1v) is 6.28. The minimum absolute atomic E-state index is 0.335. The summed E-state index contributed by atoms with van der Waals surface area (Å²) in [4.78, 5) is 4.34. The minimum Gasteiger partial charge on any atom is -0.497 e. The number of benzene rings is 1. The van der Waals surface area contributed by atoms with Crippen LogP contribution in [0.3, 0.4) is 0 Å². The molecule has 2 rings (SSSR count). The fraction of sp³-hybridized carbons (Fsp3) is 0.357. The van der Waals surface area contributed by atoms with Crippen LogP contribution in [-0.2, 0) is 4.74 Å². The zero-order chi connectivity index (χ0) is 14.5. The fourth-order valence-corrected chi connectivity index (χ4v) is 1.88. The molecular weight excluding hydrogens is 261 g/mol. The quantitative estimate of drug-likeness (QED) is 0.825. The van der Waals surface area contributed by atoms with Crippen molar-refractivity contribution in [2.75, 3.05) is 32.7 Å². The van der Waals surface area contributed by atoms with Crippen LogP contribution in [0.1, 0.15) is 5.69 Å². The van der Waals surface area contributed by atoms with Crippen LogP contribution in [0, 0.1) is 12.7 Å². The number of methoxy groups -OCH3 is 2. The summed E-state index contributed by atoms with van der Waals surface area (Å²) in [6.07, 6.45) is 1.77. The molecule has 0 aliphatic rings. The van der Waals surface area contributed by atoms with Gasteiger partial charge in [-0.2, -0.15) is 0 Å². The summed E-state index contributed by atoms with van der Waals surface area (Å²) in [7, 11) is 3.18. The molecule has 1 N–H and O–H groups in total. The smallest absolute Gasteiger partial charge is 0.207 e. The molecule has 6 heteroatoms. The van der Waals surface area contributed by atoms with Gasteiger partial charge in [-0.15, -0.1) is 0 Å². The van der Waals surface area contributed by atoms with Crippen molar-refractivity contribution in [3.05, 3.63) is 35.9 Å². The first kappa shape index (κ1) is 14.3. The second-order valence-corrected chi connectivity index (χ2v) is 4.31. The van der Waals surface area contributed by atoms with Crippen LogP contribution in [0.25, 0.3) is 5.69 Å². The lowest BCUT2D eigenvalue weighted by atomic mass is 10.3. The fourth-order valence-electron chi connectivity index (χ4n) is 1.88. The highest BCUT2D eigenvalue weighted by Gasteiger charge is 2.12. The highest BCUT2D eigenvalue weighted by atomic mass is 19.1. The van der Waals surface area contributed by atoms with E-state index < -0.39 is 0 Å². The average molecular weight is 279 g/mol. The number of hydrogen-bond donors (Lipinski definition) is 1. The molecule has 0 spiro atoms. The SMILES string of the molecule is COCCNc1nc(C)cn1-c1cc(OC)ccc1F. The van der Waals surface area contributed by atoms with E-state index in [0.29, 0.717) is 30.5 Å². The molecule has 0 aliphatic heterocycles. The summed E-state index contributed by atoms with van der Waals surface area (Å²) in [6.45, 7) is 3.00. The molecule has 0 aliphatic carbocycles. The summed E-state index contributed by atoms with van der Waals surface area (Å²) < 4.78 is 25.8. The van der Waals surface area contributed by atoms with Gasteiger partial charge in [-0.3, -0.25) is 4.57 Å². The van der Waals surface area contributed by atoms with Crippen LogP contribution >= 0.6 is 0 Å². The van der Waals surface area contributed by atoms with E-state index in [1.54, 1.807) is 37.1 Å². The van der Waals surface area contributed by atoms with Crippen LogP contribution in [0.15, 0.2) is 24.4 Å². The van der Waals surface area contributed by atoms with E-state index >= 15 is 0 Å². The van der Waals surface area contributed by atoms with Gasteiger partial charge < -0.3 is 14.8 Å². The number of hydrogen-bond acceptors (Lipinski definition) is 4. The average Bonchev–Trinajstić information content (AvgIpc) is 2.81. The third kappa shape index (κ3) is 3.08. The van der Waals surface area contributed by atoms with E-state index in [1.165, 1.54) is 6.07 Å². The number of halogens is 1. The maximum absolute atomic E-state index is 14.0. The predicted octanol–water partition coefficient (Wildman–Crippen LogP) is 2.39. The molecule has 108 valence electrons. The molecule has 2 aromatic rings. The van der Waals surface area contributed by atoms with Gasteiger partial charge in [0.15, 0.2) is 0 Å². The Balaban J connectivity index is 2.36. The molecule has 20 heavy (non-hydrogen) atoms. The number of aromatic nitrogens is 2. The Morgan fingerprint density at radius 3 is 2.85 bits per heavy atom. The van der Waals surface area contributed by atoms with E-state index in [9.17, 15) is 4.39 Å². The molecule has 1 heterocycles. The number of aryl methyl sites for hydroxylation is 1. The van der Waals surface area contributed by atoms with Gasteiger partial charge in [0.05, 0.1) is 25.1 Å². The molecule has 0 fully saturated rings. The van der Waals surface area contributed by atoms with Gasteiger partial charge in [0.25, 0.3) is 0 Å². The lowest BCUT2D eigenvalue weighted by molar-refractivity contribution is 0.210. The van der Waals surface area contributed by atoms with Crippen molar-refractivity contribution >= 4 is 5.95 Å². The van der Waals surface area contributed by atoms with Crippen LogP contribution < -0.4 is 10.1 Å². The largest absolute Gasteiger partial charge is 0.497 e. The number of nitrogens with zero attached hydrogens (tertiary/aromatic N) is 2. The van der Waals surface area contributed by atoms with Crippen LogP contribution in [0.4, 0.5) is 10.3 Å². The Morgan fingerprint density at radius 1 is 1.35 bits per heavy atom. The molecule has 1 aromatic carbocycles. The normalized spacial score (nSPS) is 10.6. The predicted molar refractivity (Wildman–Crippen MR) is 75.2 cm³/mol. The lowest BCUT2D eigenvalue weighted by Crippen LogP contribution is -2.12. The lowest BCUT2D eigenvalue weighted by Gasteiger charge is -2.11. The van der Waals surface area contributed by atoms with Gasteiger partial charge in [0.2, 0.25) is 5.95 Å². The Morgan fingerprint density at radius 2 is 2.15 bits per heavy atom. The van der Waals surface area contributed by atoms with E-state index in [1.807, 2.05) is 6.92 Å². The minimum atomic E-state index is -0.335. The van der Waals surface area contributed by atoms with Crippen molar-refractivity contribution in [2.45, 2.75) is 6.92 Å². The number of anilines is 1. The number of rotatable bonds is 6. The van der Waals surface area contributed by atoms with Gasteiger partial charge in [0, 0.05) is 25.9 Å². The van der Waals surface area contributed by atoms with Crippen molar-refractivity contribution in [1.29, 1.82) is 0 Å². The van der Waals surface area contributed by atoms with E-state index in [4.69, 9.17) is 9.47 Å². The summed E-state index contributed by atoms with van der Waals surface area (Å²) >= 11 is 0. The van der Waals surface area contributed by atoms with E-state index in [2.05, 4.69) is 10.3 Å². The van der Waals surface area contributed by atoms with E-state index in [-0.39, 0.29) is 5.82 Å². The van der Waals surface area contributed by atoms with E-state index in [0.717, 1.165) is 5.69 Å². The van der Waals surface area contributed by atoms with Crippen LogP contribution in [-0.4, -0.2) is 36.9 Å². The van der Waals surface area contributed by atoms with Crippen molar-refractivity contribution in [2.24, 2.45) is 0 Å². The highest BCUT2D eigenvalue weighted by molar-refractivity contribution is 5.47. The third-order valence-corrected chi connectivity index (χ3v) is 2.83. The zero-order valence-corrected chi connectivity index (χ0v) is 11.8. The number of imidazole rings is 1. The van der Waals surface area contributed by atoms with Crippen molar-refractivity contribution in [1.82, 2.24) is 9.55 Å². The Bertz CT molecular complexity index is 584. The molecule has 0 unspecified atom stereocenters. The Kier molecular flexibility index (Phi) is 4.57. The van der Waals surface area contributed by atoms with Gasteiger partial charge in [-0.05, 0) is 19.1 Å². The molecule has 5 nitrogen and oxygen atoms in total. The van der Waals surface area contributed by atoms with Gasteiger partial charge in [0.1, 0.15) is 11.6 Å². The number of ether oxygens (including phenoxy) is 2. The van der Waals surface area contributed by atoms with Gasteiger partial charge in [-0.25, -0.2) is 9.37 Å².